The molecule has 126 valence electrons. The van der Waals surface area contributed by atoms with Gasteiger partial charge in [-0.25, -0.2) is 9.97 Å². The van der Waals surface area contributed by atoms with E-state index in [4.69, 9.17) is 9.51 Å². The first-order chi connectivity index (χ1) is 11.6. The summed E-state index contributed by atoms with van der Waals surface area (Å²) in [6.45, 7) is 5.10. The molecule has 6 heteroatoms. The molecule has 24 heavy (non-hydrogen) atoms. The Kier molecular flexibility index (Phi) is 3.82. The summed E-state index contributed by atoms with van der Waals surface area (Å²) in [6.07, 6.45) is 6.25. The Morgan fingerprint density at radius 2 is 2.12 bits per heavy atom. The van der Waals surface area contributed by atoms with Gasteiger partial charge in [0.1, 0.15) is 5.82 Å². The normalized spacial score (nSPS) is 21.1. The highest BCUT2D eigenvalue weighted by atomic mass is 16.5. The molecule has 1 amide bonds. The van der Waals surface area contributed by atoms with E-state index in [1.807, 2.05) is 24.1 Å². The maximum Gasteiger partial charge on any atom is 0.219 e. The van der Waals surface area contributed by atoms with Crippen LogP contribution in [0.25, 0.3) is 11.3 Å². The number of aryl methyl sites for hydroxylation is 1. The van der Waals surface area contributed by atoms with Gasteiger partial charge in [-0.15, -0.1) is 0 Å². The highest BCUT2D eigenvalue weighted by Crippen LogP contribution is 2.40. The molecule has 1 saturated carbocycles. The number of hydrogen-bond acceptors (Lipinski definition) is 5. The predicted molar refractivity (Wildman–Crippen MR) is 88.5 cm³/mol. The number of rotatable bonds is 3. The molecule has 0 spiro atoms. The van der Waals surface area contributed by atoms with Crippen LogP contribution in [0.5, 0.6) is 0 Å². The fourth-order valence-electron chi connectivity index (χ4n) is 3.43. The van der Waals surface area contributed by atoms with Crippen molar-refractivity contribution in [3.05, 3.63) is 29.5 Å². The van der Waals surface area contributed by atoms with Gasteiger partial charge in [0.15, 0.2) is 5.76 Å². The van der Waals surface area contributed by atoms with Gasteiger partial charge in [0.25, 0.3) is 0 Å². The van der Waals surface area contributed by atoms with Gasteiger partial charge in [-0.05, 0) is 32.6 Å². The minimum Gasteiger partial charge on any atom is -0.356 e. The minimum absolute atomic E-state index is 0.133. The van der Waals surface area contributed by atoms with Gasteiger partial charge in [0, 0.05) is 44.1 Å². The van der Waals surface area contributed by atoms with Crippen molar-refractivity contribution in [2.24, 2.45) is 0 Å². The van der Waals surface area contributed by atoms with Crippen molar-refractivity contribution < 1.29 is 9.32 Å². The lowest BCUT2D eigenvalue weighted by atomic mass is 9.91. The van der Waals surface area contributed by atoms with Gasteiger partial charge < -0.3 is 9.42 Å². The Bertz CT molecular complexity index is 766. The van der Waals surface area contributed by atoms with Crippen LogP contribution in [-0.2, 0) is 4.79 Å². The average molecular weight is 326 g/mol. The van der Waals surface area contributed by atoms with E-state index in [2.05, 4.69) is 10.1 Å². The van der Waals surface area contributed by atoms with Gasteiger partial charge in [-0.2, -0.15) is 0 Å². The molecule has 0 radical (unpaired) electrons. The Morgan fingerprint density at radius 1 is 1.29 bits per heavy atom. The molecular formula is C18H22N4O2. The highest BCUT2D eigenvalue weighted by Gasteiger charge is 2.31. The molecule has 0 N–H and O–H groups in total. The van der Waals surface area contributed by atoms with Gasteiger partial charge in [0.05, 0.1) is 17.0 Å². The van der Waals surface area contributed by atoms with Crippen molar-refractivity contribution in [1.82, 2.24) is 20.0 Å². The number of carbonyl (C=O) groups is 1. The van der Waals surface area contributed by atoms with Crippen LogP contribution in [0.3, 0.4) is 0 Å². The number of carbonyl (C=O) groups excluding carboxylic acids is 1. The first-order valence-electron chi connectivity index (χ1n) is 8.68. The van der Waals surface area contributed by atoms with Crippen molar-refractivity contribution in [2.45, 2.75) is 51.4 Å². The summed E-state index contributed by atoms with van der Waals surface area (Å²) < 4.78 is 5.46. The molecule has 1 saturated heterocycles. The lowest BCUT2D eigenvalue weighted by Gasteiger charge is -2.32. The summed E-state index contributed by atoms with van der Waals surface area (Å²) in [7, 11) is 0. The van der Waals surface area contributed by atoms with Gasteiger partial charge in [0.2, 0.25) is 5.91 Å². The topological polar surface area (TPSA) is 72.1 Å². The molecule has 1 unspecified atom stereocenters. The van der Waals surface area contributed by atoms with Crippen LogP contribution in [-0.4, -0.2) is 39.0 Å². The fourth-order valence-corrected chi connectivity index (χ4v) is 3.43. The molecular weight excluding hydrogens is 304 g/mol. The molecule has 4 rings (SSSR count). The minimum atomic E-state index is 0.133. The van der Waals surface area contributed by atoms with Crippen molar-refractivity contribution in [3.63, 3.8) is 0 Å². The quantitative estimate of drug-likeness (QED) is 0.867. The molecule has 1 aliphatic heterocycles. The third kappa shape index (κ3) is 2.92. The molecule has 2 aliphatic rings. The zero-order valence-electron chi connectivity index (χ0n) is 14.2. The Balaban J connectivity index is 1.73. The first-order valence-corrected chi connectivity index (χ1v) is 8.68. The maximum absolute atomic E-state index is 11.8. The molecule has 0 bridgehead atoms. The molecule has 1 aliphatic carbocycles. The molecule has 2 fully saturated rings. The first kappa shape index (κ1) is 15.3. The monoisotopic (exact) mass is 326 g/mol. The van der Waals surface area contributed by atoms with Crippen LogP contribution >= 0.6 is 0 Å². The second kappa shape index (κ2) is 6.00. The molecule has 1 atom stereocenters. The third-order valence-corrected chi connectivity index (χ3v) is 4.93. The van der Waals surface area contributed by atoms with Gasteiger partial charge in [-0.1, -0.05) is 5.16 Å². The molecule has 2 aromatic rings. The largest absolute Gasteiger partial charge is 0.356 e. The SMILES string of the molecule is CC(=O)N1CCCC(c2nc(C3CC3)ncc2-c2cc(C)no2)C1. The number of hydrogen-bond donors (Lipinski definition) is 0. The van der Waals surface area contributed by atoms with Crippen molar-refractivity contribution in [2.75, 3.05) is 13.1 Å². The van der Waals surface area contributed by atoms with E-state index >= 15 is 0 Å². The zero-order chi connectivity index (χ0) is 16.7. The number of likely N-dealkylation sites (tertiary alicyclic amines) is 1. The Hall–Kier alpha value is -2.24. The second-order valence-corrected chi connectivity index (χ2v) is 6.94. The smallest absolute Gasteiger partial charge is 0.219 e. The lowest BCUT2D eigenvalue weighted by Crippen LogP contribution is -2.38. The predicted octanol–water partition coefficient (Wildman–Crippen LogP) is 3.04. The summed E-state index contributed by atoms with van der Waals surface area (Å²) in [5.41, 5.74) is 2.76. The van der Waals surface area contributed by atoms with Crippen molar-refractivity contribution in [3.8, 4) is 11.3 Å². The number of amides is 1. The fraction of sp³-hybridized carbons (Fsp3) is 0.556. The van der Waals surface area contributed by atoms with E-state index < -0.39 is 0 Å². The standard InChI is InChI=1S/C18H22N4O2/c1-11-8-16(24-21-11)15-9-19-18(13-5-6-13)20-17(15)14-4-3-7-22(10-14)12(2)23/h8-9,13-14H,3-7,10H2,1-2H3. The van der Waals surface area contributed by atoms with Crippen LogP contribution in [0.4, 0.5) is 0 Å². The molecule has 6 nitrogen and oxygen atoms in total. The van der Waals surface area contributed by atoms with Crippen molar-refractivity contribution >= 4 is 5.91 Å². The second-order valence-electron chi connectivity index (χ2n) is 6.94. The van der Waals surface area contributed by atoms with E-state index in [-0.39, 0.29) is 11.8 Å². The van der Waals surface area contributed by atoms with Crippen molar-refractivity contribution in [1.29, 1.82) is 0 Å². The van der Waals surface area contributed by atoms with Gasteiger partial charge >= 0.3 is 0 Å². The van der Waals surface area contributed by atoms with Crippen LogP contribution in [0.1, 0.15) is 61.7 Å². The molecule has 0 aromatic carbocycles. The number of nitrogens with zero attached hydrogens (tertiary/aromatic N) is 4. The number of aromatic nitrogens is 3. The summed E-state index contributed by atoms with van der Waals surface area (Å²) >= 11 is 0. The van der Waals surface area contributed by atoms with E-state index in [0.717, 1.165) is 48.7 Å². The van der Waals surface area contributed by atoms with E-state index in [1.165, 1.54) is 12.8 Å². The van der Waals surface area contributed by atoms with E-state index in [0.29, 0.717) is 11.7 Å². The summed E-state index contributed by atoms with van der Waals surface area (Å²) in [4.78, 5) is 23.2. The highest BCUT2D eigenvalue weighted by molar-refractivity contribution is 5.73. The maximum atomic E-state index is 11.8. The van der Waals surface area contributed by atoms with E-state index in [9.17, 15) is 4.79 Å². The molecule has 2 aromatic heterocycles. The average Bonchev–Trinajstić information content (AvgIpc) is 3.36. The lowest BCUT2D eigenvalue weighted by molar-refractivity contribution is -0.130. The van der Waals surface area contributed by atoms with Crippen LogP contribution in [0.2, 0.25) is 0 Å². The van der Waals surface area contributed by atoms with Crippen LogP contribution < -0.4 is 0 Å². The Labute approximate surface area is 141 Å². The molecule has 3 heterocycles. The Morgan fingerprint density at radius 3 is 2.79 bits per heavy atom. The summed E-state index contributed by atoms with van der Waals surface area (Å²) in [6, 6.07) is 1.92. The number of piperidine rings is 1. The van der Waals surface area contributed by atoms with Gasteiger partial charge in [-0.3, -0.25) is 4.79 Å². The third-order valence-electron chi connectivity index (χ3n) is 4.93. The van der Waals surface area contributed by atoms with E-state index in [1.54, 1.807) is 6.92 Å². The summed E-state index contributed by atoms with van der Waals surface area (Å²) in [5.74, 6) is 2.51. The van der Waals surface area contributed by atoms with Crippen LogP contribution in [0, 0.1) is 6.92 Å². The summed E-state index contributed by atoms with van der Waals surface area (Å²) in [5, 5.41) is 4.00. The van der Waals surface area contributed by atoms with Crippen LogP contribution in [0.15, 0.2) is 16.8 Å². The zero-order valence-corrected chi connectivity index (χ0v) is 14.2.